The lowest BCUT2D eigenvalue weighted by atomic mass is 9.88. The Morgan fingerprint density at radius 1 is 1.29 bits per heavy atom. The molecule has 1 heterocycles. The fourth-order valence-electron chi connectivity index (χ4n) is 4.09. The molecule has 1 saturated heterocycles. The maximum Gasteiger partial charge on any atom is 0.0730 e. The molecule has 0 aromatic rings. The van der Waals surface area contributed by atoms with Gasteiger partial charge >= 0.3 is 0 Å². The summed E-state index contributed by atoms with van der Waals surface area (Å²) in [4.78, 5) is 2.65. The number of nitrogens with one attached hydrogen (secondary N) is 1. The van der Waals surface area contributed by atoms with Crippen LogP contribution in [0, 0.1) is 0 Å². The van der Waals surface area contributed by atoms with Gasteiger partial charge in [0.2, 0.25) is 0 Å². The van der Waals surface area contributed by atoms with E-state index in [2.05, 4.69) is 24.1 Å². The topological polar surface area (TPSA) is 44.7 Å². The van der Waals surface area contributed by atoms with Crippen molar-refractivity contribution in [3.05, 3.63) is 0 Å². The number of hydrogen-bond acceptors (Lipinski definition) is 4. The highest BCUT2D eigenvalue weighted by atomic mass is 16.5. The molecule has 3 atom stereocenters. The van der Waals surface area contributed by atoms with Crippen LogP contribution >= 0.6 is 0 Å². The fraction of sp³-hybridized carbons (Fsp3) is 1.00. The summed E-state index contributed by atoms with van der Waals surface area (Å²) >= 11 is 0. The zero-order valence-electron chi connectivity index (χ0n) is 13.9. The SMILES string of the molecule is CCNC(CC)(CO)CCCN1CCOC2CCCCC21. The Morgan fingerprint density at radius 2 is 2.10 bits per heavy atom. The van der Waals surface area contributed by atoms with Crippen LogP contribution in [-0.4, -0.2) is 60.5 Å². The largest absolute Gasteiger partial charge is 0.394 e. The van der Waals surface area contributed by atoms with Gasteiger partial charge in [-0.15, -0.1) is 0 Å². The van der Waals surface area contributed by atoms with E-state index in [1.165, 1.54) is 25.7 Å². The first-order chi connectivity index (χ1) is 10.2. The molecule has 0 aromatic carbocycles. The van der Waals surface area contributed by atoms with Crippen molar-refractivity contribution >= 4 is 0 Å². The first-order valence-electron chi connectivity index (χ1n) is 8.96. The normalized spacial score (nSPS) is 29.9. The first-order valence-corrected chi connectivity index (χ1v) is 8.96. The number of morpholine rings is 1. The molecule has 2 aliphatic rings. The molecule has 0 aromatic heterocycles. The third-order valence-electron chi connectivity index (χ3n) is 5.48. The molecular weight excluding hydrogens is 264 g/mol. The van der Waals surface area contributed by atoms with Crippen molar-refractivity contribution in [2.75, 3.05) is 32.8 Å². The van der Waals surface area contributed by atoms with Crippen molar-refractivity contribution in [2.45, 2.75) is 76.5 Å². The third-order valence-corrected chi connectivity index (χ3v) is 5.48. The van der Waals surface area contributed by atoms with Gasteiger partial charge in [0, 0.05) is 18.1 Å². The summed E-state index contributed by atoms with van der Waals surface area (Å²) in [6.45, 7) is 8.59. The Balaban J connectivity index is 1.81. The molecule has 4 heteroatoms. The predicted molar refractivity (Wildman–Crippen MR) is 86.6 cm³/mol. The second-order valence-electron chi connectivity index (χ2n) is 6.72. The van der Waals surface area contributed by atoms with E-state index in [1.54, 1.807) is 0 Å². The molecule has 3 unspecified atom stereocenters. The summed E-state index contributed by atoms with van der Waals surface area (Å²) in [5, 5.41) is 13.2. The van der Waals surface area contributed by atoms with Gasteiger partial charge in [-0.3, -0.25) is 4.90 Å². The molecule has 21 heavy (non-hydrogen) atoms. The molecular formula is C17H34N2O2. The van der Waals surface area contributed by atoms with Gasteiger partial charge in [0.05, 0.1) is 19.3 Å². The summed E-state index contributed by atoms with van der Waals surface area (Å²) in [5.41, 5.74) is -0.0764. The van der Waals surface area contributed by atoms with E-state index in [9.17, 15) is 5.11 Å². The Labute approximate surface area is 130 Å². The number of ether oxygens (including phenoxy) is 1. The quantitative estimate of drug-likeness (QED) is 0.721. The van der Waals surface area contributed by atoms with Gasteiger partial charge in [0.1, 0.15) is 0 Å². The van der Waals surface area contributed by atoms with Crippen LogP contribution in [0.2, 0.25) is 0 Å². The number of rotatable bonds is 8. The van der Waals surface area contributed by atoms with Crippen molar-refractivity contribution in [1.82, 2.24) is 10.2 Å². The number of likely N-dealkylation sites (N-methyl/N-ethyl adjacent to an activating group) is 1. The van der Waals surface area contributed by atoms with Crippen LogP contribution in [0.25, 0.3) is 0 Å². The number of fused-ring (bicyclic) bond motifs is 1. The van der Waals surface area contributed by atoms with E-state index in [0.717, 1.165) is 45.5 Å². The molecule has 4 nitrogen and oxygen atoms in total. The molecule has 2 fully saturated rings. The van der Waals surface area contributed by atoms with Gasteiger partial charge < -0.3 is 15.2 Å². The van der Waals surface area contributed by atoms with E-state index in [0.29, 0.717) is 12.1 Å². The van der Waals surface area contributed by atoms with Crippen LogP contribution in [0.4, 0.5) is 0 Å². The van der Waals surface area contributed by atoms with Crippen LogP contribution in [0.5, 0.6) is 0 Å². The molecule has 1 aliphatic carbocycles. The molecule has 0 amide bonds. The van der Waals surface area contributed by atoms with Gasteiger partial charge in [-0.2, -0.15) is 0 Å². The van der Waals surface area contributed by atoms with Crippen molar-refractivity contribution in [3.8, 4) is 0 Å². The molecule has 124 valence electrons. The third kappa shape index (κ3) is 4.41. The van der Waals surface area contributed by atoms with Gasteiger partial charge in [0.25, 0.3) is 0 Å². The summed E-state index contributed by atoms with van der Waals surface area (Å²) in [7, 11) is 0. The zero-order chi connectivity index (χ0) is 15.1. The van der Waals surface area contributed by atoms with Gasteiger partial charge in [-0.05, 0) is 45.2 Å². The highest BCUT2D eigenvalue weighted by Gasteiger charge is 2.34. The molecule has 1 saturated carbocycles. The minimum Gasteiger partial charge on any atom is -0.394 e. The average Bonchev–Trinajstić information content (AvgIpc) is 2.54. The summed E-state index contributed by atoms with van der Waals surface area (Å²) < 4.78 is 5.95. The Kier molecular flexibility index (Phi) is 6.93. The highest BCUT2D eigenvalue weighted by Crippen LogP contribution is 2.29. The van der Waals surface area contributed by atoms with E-state index in [-0.39, 0.29) is 12.1 Å². The van der Waals surface area contributed by atoms with Gasteiger partial charge in [-0.1, -0.05) is 26.7 Å². The number of hydrogen-bond donors (Lipinski definition) is 2. The Morgan fingerprint density at radius 3 is 2.81 bits per heavy atom. The van der Waals surface area contributed by atoms with Crippen LogP contribution in [0.3, 0.4) is 0 Å². The monoisotopic (exact) mass is 298 g/mol. The van der Waals surface area contributed by atoms with E-state index in [1.807, 2.05) is 0 Å². The Bertz CT molecular complexity index is 293. The number of aliphatic hydroxyl groups is 1. The van der Waals surface area contributed by atoms with E-state index >= 15 is 0 Å². The predicted octanol–water partition coefficient (Wildman–Crippen LogP) is 2.16. The maximum atomic E-state index is 9.74. The maximum absolute atomic E-state index is 9.74. The van der Waals surface area contributed by atoms with Crippen molar-refractivity contribution < 1.29 is 9.84 Å². The lowest BCUT2D eigenvalue weighted by Crippen LogP contribution is -2.53. The zero-order valence-corrected chi connectivity index (χ0v) is 13.9. The van der Waals surface area contributed by atoms with Gasteiger partial charge in [0.15, 0.2) is 0 Å². The second kappa shape index (κ2) is 8.47. The van der Waals surface area contributed by atoms with E-state index < -0.39 is 0 Å². The summed E-state index contributed by atoms with van der Waals surface area (Å²) in [6, 6.07) is 0.650. The van der Waals surface area contributed by atoms with Crippen LogP contribution < -0.4 is 5.32 Å². The lowest BCUT2D eigenvalue weighted by Gasteiger charge is -2.44. The standard InChI is InChI=1S/C17H34N2O2/c1-3-17(14-20,18-4-2)10-7-11-19-12-13-21-16-9-6-5-8-15(16)19/h15-16,18,20H,3-14H2,1-2H3. The van der Waals surface area contributed by atoms with Crippen molar-refractivity contribution in [3.63, 3.8) is 0 Å². The molecule has 1 aliphatic heterocycles. The molecule has 2 N–H and O–H groups in total. The number of nitrogens with zero attached hydrogens (tertiary/aromatic N) is 1. The van der Waals surface area contributed by atoms with Crippen LogP contribution in [0.1, 0.15) is 58.8 Å². The van der Waals surface area contributed by atoms with Crippen LogP contribution in [0.15, 0.2) is 0 Å². The number of aliphatic hydroxyl groups excluding tert-OH is 1. The van der Waals surface area contributed by atoms with Gasteiger partial charge in [-0.25, -0.2) is 0 Å². The molecule has 0 spiro atoms. The summed E-state index contributed by atoms with van der Waals surface area (Å²) in [6.07, 6.45) is 8.92. The van der Waals surface area contributed by atoms with Crippen molar-refractivity contribution in [2.24, 2.45) is 0 Å². The average molecular weight is 298 g/mol. The fourth-order valence-corrected chi connectivity index (χ4v) is 4.09. The smallest absolute Gasteiger partial charge is 0.0730 e. The molecule has 2 rings (SSSR count). The Hall–Kier alpha value is -0.160. The van der Waals surface area contributed by atoms with E-state index in [4.69, 9.17) is 4.74 Å². The molecule has 0 radical (unpaired) electrons. The first kappa shape index (κ1) is 17.2. The lowest BCUT2D eigenvalue weighted by molar-refractivity contribution is -0.0887. The minimum atomic E-state index is -0.0764. The molecule has 0 bridgehead atoms. The minimum absolute atomic E-state index is 0.0764. The van der Waals surface area contributed by atoms with Crippen molar-refractivity contribution in [1.29, 1.82) is 0 Å². The second-order valence-corrected chi connectivity index (χ2v) is 6.72. The van der Waals surface area contributed by atoms with Crippen LogP contribution in [-0.2, 0) is 4.74 Å². The summed E-state index contributed by atoms with van der Waals surface area (Å²) in [5.74, 6) is 0. The highest BCUT2D eigenvalue weighted by molar-refractivity contribution is 4.89.